The lowest BCUT2D eigenvalue weighted by Gasteiger charge is -2.18. The van der Waals surface area contributed by atoms with E-state index in [-0.39, 0.29) is 36.5 Å². The Morgan fingerprint density at radius 1 is 1.47 bits per heavy atom. The summed E-state index contributed by atoms with van der Waals surface area (Å²) in [6.45, 7) is -0.0473. The normalized spacial score (nSPS) is 18.9. The van der Waals surface area contributed by atoms with Crippen molar-refractivity contribution in [2.24, 2.45) is 5.41 Å². The lowest BCUT2D eigenvalue weighted by atomic mass is 10.1. The highest BCUT2D eigenvalue weighted by Crippen LogP contribution is 2.50. The van der Waals surface area contributed by atoms with Crippen LogP contribution >= 0.6 is 0 Å². The summed E-state index contributed by atoms with van der Waals surface area (Å²) in [5.41, 5.74) is -0.413. The molecule has 0 heterocycles. The molecular formula is C12H23NO5S. The summed E-state index contributed by atoms with van der Waals surface area (Å²) in [5, 5.41) is 11.8. The summed E-state index contributed by atoms with van der Waals surface area (Å²) in [6, 6.07) is -0.246. The summed E-state index contributed by atoms with van der Waals surface area (Å²) in [4.78, 5) is 11.3. The number of rotatable bonds is 9. The molecule has 0 aromatic carbocycles. The van der Waals surface area contributed by atoms with Gasteiger partial charge in [0.15, 0.2) is 9.84 Å². The Labute approximate surface area is 114 Å². The van der Waals surface area contributed by atoms with Crippen LogP contribution in [-0.2, 0) is 19.4 Å². The smallest absolute Gasteiger partial charge is 0.306 e. The first kappa shape index (κ1) is 16.4. The van der Waals surface area contributed by atoms with Crippen molar-refractivity contribution in [3.63, 3.8) is 0 Å². The van der Waals surface area contributed by atoms with Gasteiger partial charge in [0.05, 0.1) is 25.0 Å². The molecule has 0 radical (unpaired) electrons. The van der Waals surface area contributed by atoms with Crippen molar-refractivity contribution in [3.8, 4) is 0 Å². The Hall–Kier alpha value is -0.660. The number of sulfone groups is 1. The monoisotopic (exact) mass is 293 g/mol. The second kappa shape index (κ2) is 6.67. The highest BCUT2D eigenvalue weighted by atomic mass is 32.2. The van der Waals surface area contributed by atoms with Crippen molar-refractivity contribution in [1.29, 1.82) is 0 Å². The number of carbonyl (C=O) groups excluding carboxylic acids is 1. The van der Waals surface area contributed by atoms with E-state index >= 15 is 0 Å². The van der Waals surface area contributed by atoms with E-state index in [4.69, 9.17) is 5.11 Å². The molecule has 0 aromatic heterocycles. The SMILES string of the molecule is CNC(CCO)CS(=O)(=O)CC1(CC(=O)OC)CC1. The van der Waals surface area contributed by atoms with E-state index in [1.54, 1.807) is 7.05 Å². The number of hydrogen-bond donors (Lipinski definition) is 2. The van der Waals surface area contributed by atoms with E-state index in [1.807, 2.05) is 0 Å². The van der Waals surface area contributed by atoms with Gasteiger partial charge in [-0.15, -0.1) is 0 Å². The van der Waals surface area contributed by atoms with Gasteiger partial charge < -0.3 is 15.2 Å². The van der Waals surface area contributed by atoms with E-state index < -0.39 is 15.3 Å². The molecule has 0 aromatic rings. The van der Waals surface area contributed by atoms with Gasteiger partial charge in [-0.1, -0.05) is 0 Å². The first-order chi connectivity index (χ1) is 8.86. The summed E-state index contributed by atoms with van der Waals surface area (Å²) in [5.74, 6) is -0.334. The Balaban J connectivity index is 2.57. The van der Waals surface area contributed by atoms with Crippen LogP contribution in [-0.4, -0.2) is 57.8 Å². The maximum Gasteiger partial charge on any atom is 0.306 e. The molecule has 0 saturated heterocycles. The van der Waals surface area contributed by atoms with Crippen molar-refractivity contribution >= 4 is 15.8 Å². The molecule has 1 rings (SSSR count). The predicted octanol–water partition coefficient (Wildman–Crippen LogP) is -0.285. The van der Waals surface area contributed by atoms with Gasteiger partial charge in [0.25, 0.3) is 0 Å². The van der Waals surface area contributed by atoms with Gasteiger partial charge in [0.1, 0.15) is 0 Å². The summed E-state index contributed by atoms with van der Waals surface area (Å²) >= 11 is 0. The molecule has 1 aliphatic rings. The van der Waals surface area contributed by atoms with Crippen molar-refractivity contribution in [1.82, 2.24) is 5.32 Å². The van der Waals surface area contributed by atoms with E-state index in [9.17, 15) is 13.2 Å². The van der Waals surface area contributed by atoms with Gasteiger partial charge in [-0.3, -0.25) is 4.79 Å². The van der Waals surface area contributed by atoms with Crippen molar-refractivity contribution in [2.45, 2.75) is 31.7 Å². The average Bonchev–Trinajstić information content (AvgIpc) is 3.06. The fraction of sp³-hybridized carbons (Fsp3) is 0.917. The van der Waals surface area contributed by atoms with Crippen LogP contribution in [0, 0.1) is 5.41 Å². The zero-order valence-corrected chi connectivity index (χ0v) is 12.3. The highest BCUT2D eigenvalue weighted by Gasteiger charge is 2.48. The fourth-order valence-corrected chi connectivity index (χ4v) is 4.61. The molecule has 1 atom stereocenters. The lowest BCUT2D eigenvalue weighted by Crippen LogP contribution is -2.36. The first-order valence-corrected chi connectivity index (χ1v) is 8.24. The van der Waals surface area contributed by atoms with Gasteiger partial charge in [-0.05, 0) is 31.7 Å². The van der Waals surface area contributed by atoms with Crippen LogP contribution in [0.15, 0.2) is 0 Å². The number of esters is 1. The summed E-state index contributed by atoms with van der Waals surface area (Å²) in [7, 11) is -0.257. The molecule has 2 N–H and O–H groups in total. The van der Waals surface area contributed by atoms with Crippen LogP contribution in [0.25, 0.3) is 0 Å². The lowest BCUT2D eigenvalue weighted by molar-refractivity contribution is -0.141. The van der Waals surface area contributed by atoms with E-state index in [0.717, 1.165) is 12.8 Å². The maximum absolute atomic E-state index is 12.1. The molecule has 19 heavy (non-hydrogen) atoms. The van der Waals surface area contributed by atoms with Gasteiger partial charge >= 0.3 is 5.97 Å². The summed E-state index contributed by atoms with van der Waals surface area (Å²) in [6.07, 6.45) is 2.09. The molecular weight excluding hydrogens is 270 g/mol. The number of carbonyl (C=O) groups is 1. The van der Waals surface area contributed by atoms with Gasteiger partial charge in [-0.25, -0.2) is 8.42 Å². The maximum atomic E-state index is 12.1. The van der Waals surface area contributed by atoms with Crippen LogP contribution in [0.4, 0.5) is 0 Å². The molecule has 7 heteroatoms. The molecule has 0 aliphatic heterocycles. The Morgan fingerprint density at radius 3 is 2.53 bits per heavy atom. The van der Waals surface area contributed by atoms with Crippen molar-refractivity contribution in [3.05, 3.63) is 0 Å². The minimum Gasteiger partial charge on any atom is -0.469 e. The molecule has 1 unspecified atom stereocenters. The minimum absolute atomic E-state index is 0.00696. The zero-order chi connectivity index (χ0) is 14.5. The topological polar surface area (TPSA) is 92.7 Å². The van der Waals surface area contributed by atoms with Gasteiger partial charge in [-0.2, -0.15) is 0 Å². The Bertz CT molecular complexity index is 402. The average molecular weight is 293 g/mol. The van der Waals surface area contributed by atoms with Gasteiger partial charge in [0.2, 0.25) is 0 Å². The second-order valence-corrected chi connectivity index (χ2v) is 7.41. The van der Waals surface area contributed by atoms with E-state index in [2.05, 4.69) is 10.1 Å². The minimum atomic E-state index is -3.25. The Kier molecular flexibility index (Phi) is 5.76. The Morgan fingerprint density at radius 2 is 2.11 bits per heavy atom. The van der Waals surface area contributed by atoms with Crippen LogP contribution < -0.4 is 5.32 Å². The van der Waals surface area contributed by atoms with E-state index in [0.29, 0.717) is 6.42 Å². The van der Waals surface area contributed by atoms with Crippen LogP contribution in [0.2, 0.25) is 0 Å². The number of aliphatic hydroxyl groups is 1. The molecule has 6 nitrogen and oxygen atoms in total. The first-order valence-electron chi connectivity index (χ1n) is 6.42. The number of aliphatic hydroxyl groups excluding tert-OH is 1. The molecule has 1 fully saturated rings. The highest BCUT2D eigenvalue weighted by molar-refractivity contribution is 7.91. The van der Waals surface area contributed by atoms with Crippen molar-refractivity contribution < 1.29 is 23.1 Å². The molecule has 112 valence electrons. The number of ether oxygens (including phenoxy) is 1. The van der Waals surface area contributed by atoms with Crippen LogP contribution in [0.1, 0.15) is 25.7 Å². The largest absolute Gasteiger partial charge is 0.469 e. The van der Waals surface area contributed by atoms with Gasteiger partial charge in [0, 0.05) is 12.6 Å². The third kappa shape index (κ3) is 5.46. The van der Waals surface area contributed by atoms with Crippen molar-refractivity contribution in [2.75, 3.05) is 32.3 Å². The number of hydrogen-bond acceptors (Lipinski definition) is 6. The quantitative estimate of drug-likeness (QED) is 0.568. The molecule has 0 bridgehead atoms. The van der Waals surface area contributed by atoms with E-state index in [1.165, 1.54) is 7.11 Å². The zero-order valence-electron chi connectivity index (χ0n) is 11.5. The standard InChI is InChI=1S/C12H23NO5S/c1-13-10(3-6-14)8-19(16,17)9-12(4-5-12)7-11(15)18-2/h10,13-14H,3-9H2,1-2H3. The number of methoxy groups -OCH3 is 1. The second-order valence-electron chi connectivity index (χ2n) is 5.31. The summed E-state index contributed by atoms with van der Waals surface area (Å²) < 4.78 is 28.9. The molecule has 0 spiro atoms. The third-order valence-electron chi connectivity index (χ3n) is 3.57. The number of nitrogens with one attached hydrogen (secondary N) is 1. The molecule has 0 amide bonds. The van der Waals surface area contributed by atoms with Crippen LogP contribution in [0.5, 0.6) is 0 Å². The third-order valence-corrected chi connectivity index (χ3v) is 5.53. The molecule has 1 saturated carbocycles. The van der Waals surface area contributed by atoms with Crippen LogP contribution in [0.3, 0.4) is 0 Å². The predicted molar refractivity (Wildman–Crippen MR) is 71.5 cm³/mol. The fourth-order valence-electron chi connectivity index (χ4n) is 2.23. The molecule has 1 aliphatic carbocycles.